The van der Waals surface area contributed by atoms with Gasteiger partial charge in [-0.05, 0) is 60.0 Å². The Labute approximate surface area is 211 Å². The summed E-state index contributed by atoms with van der Waals surface area (Å²) in [5.74, 6) is -0.189. The lowest BCUT2D eigenvalue weighted by Gasteiger charge is -2.15. The summed E-state index contributed by atoms with van der Waals surface area (Å²) in [6.45, 7) is 1.69. The summed E-state index contributed by atoms with van der Waals surface area (Å²) < 4.78 is 0. The minimum Gasteiger partial charge on any atom is -0.354 e. The van der Waals surface area contributed by atoms with Crippen molar-refractivity contribution in [2.75, 3.05) is 17.2 Å². The first-order chi connectivity index (χ1) is 17.7. The topological polar surface area (TPSA) is 77.0 Å². The van der Waals surface area contributed by atoms with Crippen LogP contribution in [0.25, 0.3) is 11.3 Å². The van der Waals surface area contributed by atoms with E-state index in [4.69, 9.17) is 0 Å². The molecule has 176 valence electrons. The number of fused-ring (bicyclic) bond motifs is 1. The Hall–Kier alpha value is -4.66. The Morgan fingerprint density at radius 2 is 1.56 bits per heavy atom. The highest BCUT2D eigenvalue weighted by molar-refractivity contribution is 6.37. The van der Waals surface area contributed by atoms with Crippen molar-refractivity contribution in [3.63, 3.8) is 0 Å². The van der Waals surface area contributed by atoms with Crippen molar-refractivity contribution < 1.29 is 4.79 Å². The standard InChI is InChI=1S/C31H26N4O/c32-20-24-13-16-28-27(19-24)29(31(36)35-28)30(25-9-5-2-6-10-25)34-26-14-11-23(12-15-26)21-33-18-17-22-7-3-1-4-8-22/h1-16,19,33-34H,17-18,21H2,(H,35,36)/b30-29-. The lowest BCUT2D eigenvalue weighted by atomic mass is 9.98. The molecule has 1 aliphatic heterocycles. The Bertz CT molecular complexity index is 1440. The zero-order chi connectivity index (χ0) is 24.7. The van der Waals surface area contributed by atoms with Crippen LogP contribution in [0.2, 0.25) is 0 Å². The number of carbonyl (C=O) groups is 1. The van der Waals surface area contributed by atoms with E-state index in [1.54, 1.807) is 18.2 Å². The molecule has 4 aromatic rings. The Balaban J connectivity index is 1.36. The second-order valence-corrected chi connectivity index (χ2v) is 8.68. The number of carbonyl (C=O) groups excluding carboxylic acids is 1. The number of hydrogen-bond acceptors (Lipinski definition) is 4. The third-order valence-electron chi connectivity index (χ3n) is 6.19. The second kappa shape index (κ2) is 10.7. The van der Waals surface area contributed by atoms with Crippen LogP contribution >= 0.6 is 0 Å². The molecular weight excluding hydrogens is 444 g/mol. The van der Waals surface area contributed by atoms with Gasteiger partial charge in [0, 0.05) is 23.5 Å². The summed E-state index contributed by atoms with van der Waals surface area (Å²) in [6.07, 6.45) is 0.992. The summed E-state index contributed by atoms with van der Waals surface area (Å²) in [4.78, 5) is 13.0. The average molecular weight is 471 g/mol. The number of nitrogens with zero attached hydrogens (tertiary/aromatic N) is 1. The summed E-state index contributed by atoms with van der Waals surface area (Å²) in [7, 11) is 0. The third kappa shape index (κ3) is 5.20. The molecule has 0 unspecified atom stereocenters. The number of benzene rings is 4. The molecule has 1 aliphatic rings. The van der Waals surface area contributed by atoms with Gasteiger partial charge in [-0.25, -0.2) is 0 Å². The van der Waals surface area contributed by atoms with Gasteiger partial charge < -0.3 is 16.0 Å². The number of nitriles is 1. The van der Waals surface area contributed by atoms with Crippen molar-refractivity contribution in [2.24, 2.45) is 0 Å². The molecule has 3 N–H and O–H groups in total. The number of nitrogens with one attached hydrogen (secondary N) is 3. The predicted octanol–water partition coefficient (Wildman–Crippen LogP) is 5.82. The van der Waals surface area contributed by atoms with Gasteiger partial charge in [0.05, 0.1) is 22.9 Å². The molecule has 1 amide bonds. The van der Waals surface area contributed by atoms with E-state index in [2.05, 4.69) is 58.4 Å². The van der Waals surface area contributed by atoms with Crippen LogP contribution in [-0.4, -0.2) is 12.5 Å². The van der Waals surface area contributed by atoms with Crippen molar-refractivity contribution in [2.45, 2.75) is 13.0 Å². The van der Waals surface area contributed by atoms with Crippen molar-refractivity contribution in [3.8, 4) is 6.07 Å². The minimum absolute atomic E-state index is 0.189. The van der Waals surface area contributed by atoms with Gasteiger partial charge in [-0.3, -0.25) is 4.79 Å². The number of rotatable bonds is 8. The summed E-state index contributed by atoms with van der Waals surface area (Å²) >= 11 is 0. The largest absolute Gasteiger partial charge is 0.354 e. The maximum Gasteiger partial charge on any atom is 0.258 e. The van der Waals surface area contributed by atoms with Crippen LogP contribution in [0.4, 0.5) is 11.4 Å². The van der Waals surface area contributed by atoms with Gasteiger partial charge in [0.2, 0.25) is 0 Å². The van der Waals surface area contributed by atoms with Gasteiger partial charge in [-0.15, -0.1) is 0 Å². The Morgan fingerprint density at radius 3 is 2.28 bits per heavy atom. The maximum atomic E-state index is 13.0. The van der Waals surface area contributed by atoms with Crippen LogP contribution < -0.4 is 16.0 Å². The van der Waals surface area contributed by atoms with Crippen LogP contribution in [0.5, 0.6) is 0 Å². The Kier molecular flexibility index (Phi) is 6.88. The molecule has 0 aromatic heterocycles. The highest BCUT2D eigenvalue weighted by Gasteiger charge is 2.28. The fourth-order valence-electron chi connectivity index (χ4n) is 4.33. The van der Waals surface area contributed by atoms with Gasteiger partial charge in [-0.1, -0.05) is 72.8 Å². The fraction of sp³-hybridized carbons (Fsp3) is 0.0968. The summed E-state index contributed by atoms with van der Waals surface area (Å²) in [5.41, 5.74) is 7.47. The molecule has 0 saturated heterocycles. The van der Waals surface area contributed by atoms with E-state index < -0.39 is 0 Å². The smallest absolute Gasteiger partial charge is 0.258 e. The van der Waals surface area contributed by atoms with E-state index in [1.165, 1.54) is 11.1 Å². The molecule has 0 saturated carbocycles. The maximum absolute atomic E-state index is 13.0. The monoisotopic (exact) mass is 470 g/mol. The summed E-state index contributed by atoms with van der Waals surface area (Å²) in [6, 6.07) is 35.9. The molecular formula is C31H26N4O. The normalized spacial score (nSPS) is 13.5. The first kappa shape index (κ1) is 23.1. The van der Waals surface area contributed by atoms with Gasteiger partial charge >= 0.3 is 0 Å². The molecule has 4 aromatic carbocycles. The highest BCUT2D eigenvalue weighted by Crippen LogP contribution is 2.38. The van der Waals surface area contributed by atoms with Crippen LogP contribution in [-0.2, 0) is 17.8 Å². The van der Waals surface area contributed by atoms with Gasteiger partial charge in [0.15, 0.2) is 0 Å². The molecule has 0 radical (unpaired) electrons. The molecule has 5 rings (SSSR count). The average Bonchev–Trinajstić information content (AvgIpc) is 3.26. The van der Waals surface area contributed by atoms with Crippen molar-refractivity contribution in [1.82, 2.24) is 5.32 Å². The molecule has 0 fully saturated rings. The summed E-state index contributed by atoms with van der Waals surface area (Å²) in [5, 5.41) is 19.3. The van der Waals surface area contributed by atoms with Gasteiger partial charge in [0.1, 0.15) is 0 Å². The number of anilines is 2. The number of amides is 1. The van der Waals surface area contributed by atoms with E-state index in [9.17, 15) is 10.1 Å². The molecule has 36 heavy (non-hydrogen) atoms. The first-order valence-electron chi connectivity index (χ1n) is 12.0. The number of hydrogen-bond donors (Lipinski definition) is 3. The highest BCUT2D eigenvalue weighted by atomic mass is 16.2. The fourth-order valence-corrected chi connectivity index (χ4v) is 4.33. The van der Waals surface area contributed by atoms with Crippen LogP contribution in [0.15, 0.2) is 103 Å². The lowest BCUT2D eigenvalue weighted by molar-refractivity contribution is -0.110. The SMILES string of the molecule is N#Cc1ccc2c(c1)/C(=C(/Nc1ccc(CNCCc3ccccc3)cc1)c1ccccc1)C(=O)N2. The lowest BCUT2D eigenvalue weighted by Crippen LogP contribution is -2.16. The molecule has 0 bridgehead atoms. The van der Waals surface area contributed by atoms with E-state index in [0.29, 0.717) is 22.5 Å². The van der Waals surface area contributed by atoms with Crippen molar-refractivity contribution in [1.29, 1.82) is 5.26 Å². The molecule has 0 spiro atoms. The minimum atomic E-state index is -0.189. The van der Waals surface area contributed by atoms with E-state index >= 15 is 0 Å². The molecule has 1 heterocycles. The van der Waals surface area contributed by atoms with E-state index in [0.717, 1.165) is 36.3 Å². The quantitative estimate of drug-likeness (QED) is 0.224. The van der Waals surface area contributed by atoms with E-state index in [1.807, 2.05) is 48.5 Å². The third-order valence-corrected chi connectivity index (χ3v) is 6.19. The van der Waals surface area contributed by atoms with Crippen molar-refractivity contribution >= 4 is 28.6 Å². The first-order valence-corrected chi connectivity index (χ1v) is 12.0. The van der Waals surface area contributed by atoms with Crippen molar-refractivity contribution in [3.05, 3.63) is 131 Å². The molecule has 0 aliphatic carbocycles. The van der Waals surface area contributed by atoms with Gasteiger partial charge in [-0.2, -0.15) is 5.26 Å². The molecule has 5 heteroatoms. The predicted molar refractivity (Wildman–Crippen MR) is 145 cm³/mol. The van der Waals surface area contributed by atoms with Crippen LogP contribution in [0.1, 0.15) is 27.8 Å². The molecule has 5 nitrogen and oxygen atoms in total. The zero-order valence-corrected chi connectivity index (χ0v) is 19.8. The Morgan fingerprint density at radius 1 is 0.833 bits per heavy atom. The van der Waals surface area contributed by atoms with Crippen LogP contribution in [0, 0.1) is 11.3 Å². The molecule has 0 atom stereocenters. The second-order valence-electron chi connectivity index (χ2n) is 8.68. The van der Waals surface area contributed by atoms with Crippen LogP contribution in [0.3, 0.4) is 0 Å². The van der Waals surface area contributed by atoms with E-state index in [-0.39, 0.29) is 5.91 Å². The zero-order valence-electron chi connectivity index (χ0n) is 19.8. The van der Waals surface area contributed by atoms with Gasteiger partial charge in [0.25, 0.3) is 5.91 Å².